The Hall–Kier alpha value is -0.120. The molecule has 0 spiro atoms. The maximum Gasteiger partial charge on any atom is 0.0109 e. The lowest BCUT2D eigenvalue weighted by Gasteiger charge is -2.26. The normalized spacial score (nSPS) is 20.5. The molecule has 0 aliphatic carbocycles. The van der Waals surface area contributed by atoms with E-state index in [4.69, 9.17) is 0 Å². The average Bonchev–Trinajstić information content (AvgIpc) is 2.77. The van der Waals surface area contributed by atoms with E-state index in [9.17, 15) is 0 Å². The van der Waals surface area contributed by atoms with Gasteiger partial charge in [0.15, 0.2) is 0 Å². The second-order valence-electron chi connectivity index (χ2n) is 6.43. The number of nitrogens with one attached hydrogen (secondary N) is 1. The third-order valence-electron chi connectivity index (χ3n) is 3.68. The van der Waals surface area contributed by atoms with E-state index in [1.165, 1.54) is 58.4 Å². The summed E-state index contributed by atoms with van der Waals surface area (Å²) in [5.74, 6) is 0.775. The second-order valence-corrected chi connectivity index (χ2v) is 6.43. The molecule has 1 fully saturated rings. The summed E-state index contributed by atoms with van der Waals surface area (Å²) in [6.07, 6.45) is 5.47. The quantitative estimate of drug-likeness (QED) is 0.680. The number of likely N-dealkylation sites (N-methyl/N-ethyl adjacent to an activating group) is 1. The summed E-state index contributed by atoms with van der Waals surface area (Å²) in [7, 11) is 4.33. The van der Waals surface area contributed by atoms with Crippen LogP contribution in [-0.4, -0.2) is 62.7 Å². The van der Waals surface area contributed by atoms with Crippen LogP contribution in [0.15, 0.2) is 0 Å². The Morgan fingerprint density at radius 3 is 2.50 bits per heavy atom. The maximum atomic E-state index is 3.59. The molecule has 0 saturated carbocycles. The molecular formula is C15H33N3. The van der Waals surface area contributed by atoms with Crippen molar-refractivity contribution in [1.82, 2.24) is 15.1 Å². The van der Waals surface area contributed by atoms with Crippen molar-refractivity contribution in [2.75, 3.05) is 46.8 Å². The highest BCUT2D eigenvalue weighted by Crippen LogP contribution is 2.11. The zero-order valence-corrected chi connectivity index (χ0v) is 12.9. The van der Waals surface area contributed by atoms with Gasteiger partial charge < -0.3 is 15.1 Å². The van der Waals surface area contributed by atoms with Gasteiger partial charge in [0, 0.05) is 25.7 Å². The topological polar surface area (TPSA) is 18.5 Å². The third kappa shape index (κ3) is 7.34. The molecule has 1 aliphatic rings. The molecule has 18 heavy (non-hydrogen) atoms. The molecule has 1 unspecified atom stereocenters. The van der Waals surface area contributed by atoms with Gasteiger partial charge in [0.05, 0.1) is 0 Å². The van der Waals surface area contributed by atoms with E-state index in [2.05, 4.69) is 43.1 Å². The average molecular weight is 255 g/mol. The first kappa shape index (κ1) is 15.9. The summed E-state index contributed by atoms with van der Waals surface area (Å²) in [4.78, 5) is 4.92. The molecule has 0 radical (unpaired) electrons. The van der Waals surface area contributed by atoms with Crippen LogP contribution in [0, 0.1) is 5.92 Å². The number of rotatable bonds is 9. The molecule has 0 aromatic heterocycles. The van der Waals surface area contributed by atoms with Gasteiger partial charge in [-0.3, -0.25) is 0 Å². The van der Waals surface area contributed by atoms with Crippen LogP contribution in [0.1, 0.15) is 39.5 Å². The molecule has 0 amide bonds. The predicted molar refractivity (Wildman–Crippen MR) is 80.1 cm³/mol. The molecule has 1 rings (SSSR count). The molecule has 0 aromatic carbocycles. The lowest BCUT2D eigenvalue weighted by Crippen LogP contribution is -2.35. The Kier molecular flexibility index (Phi) is 7.87. The minimum absolute atomic E-state index is 0.775. The van der Waals surface area contributed by atoms with Crippen molar-refractivity contribution in [2.45, 2.75) is 45.6 Å². The van der Waals surface area contributed by atoms with Gasteiger partial charge in [0.25, 0.3) is 0 Å². The van der Waals surface area contributed by atoms with Crippen molar-refractivity contribution in [3.8, 4) is 0 Å². The Bertz CT molecular complexity index is 198. The van der Waals surface area contributed by atoms with Crippen LogP contribution in [-0.2, 0) is 0 Å². The molecule has 1 aliphatic heterocycles. The van der Waals surface area contributed by atoms with E-state index >= 15 is 0 Å². The van der Waals surface area contributed by atoms with Gasteiger partial charge in [-0.15, -0.1) is 0 Å². The van der Waals surface area contributed by atoms with Crippen LogP contribution in [0.2, 0.25) is 0 Å². The molecule has 1 N–H and O–H groups in total. The molecule has 108 valence electrons. The van der Waals surface area contributed by atoms with Gasteiger partial charge in [-0.2, -0.15) is 0 Å². The van der Waals surface area contributed by atoms with E-state index in [1.807, 2.05) is 0 Å². The molecule has 0 bridgehead atoms. The SMILES string of the molecule is CC(C)CN(CCCC1CCCN1)CCN(C)C. The first-order chi connectivity index (χ1) is 8.58. The summed E-state index contributed by atoms with van der Waals surface area (Å²) in [5.41, 5.74) is 0. The summed E-state index contributed by atoms with van der Waals surface area (Å²) in [6, 6.07) is 0.805. The van der Waals surface area contributed by atoms with Crippen molar-refractivity contribution in [1.29, 1.82) is 0 Å². The third-order valence-corrected chi connectivity index (χ3v) is 3.68. The van der Waals surface area contributed by atoms with E-state index in [0.717, 1.165) is 12.0 Å². The van der Waals surface area contributed by atoms with Crippen LogP contribution >= 0.6 is 0 Å². The predicted octanol–water partition coefficient (Wildman–Crippen LogP) is 2.04. The zero-order valence-electron chi connectivity index (χ0n) is 12.9. The van der Waals surface area contributed by atoms with Gasteiger partial charge >= 0.3 is 0 Å². The smallest absolute Gasteiger partial charge is 0.0109 e. The monoisotopic (exact) mass is 255 g/mol. The highest BCUT2D eigenvalue weighted by molar-refractivity contribution is 4.74. The molecule has 0 aromatic rings. The maximum absolute atomic E-state index is 3.59. The largest absolute Gasteiger partial charge is 0.314 e. The van der Waals surface area contributed by atoms with Crippen LogP contribution < -0.4 is 5.32 Å². The highest BCUT2D eigenvalue weighted by atomic mass is 15.2. The van der Waals surface area contributed by atoms with E-state index in [1.54, 1.807) is 0 Å². The minimum Gasteiger partial charge on any atom is -0.314 e. The lowest BCUT2D eigenvalue weighted by atomic mass is 10.1. The first-order valence-electron chi connectivity index (χ1n) is 7.68. The van der Waals surface area contributed by atoms with Crippen molar-refractivity contribution < 1.29 is 0 Å². The van der Waals surface area contributed by atoms with Gasteiger partial charge in [-0.1, -0.05) is 13.8 Å². The molecule has 1 heterocycles. The molecule has 1 saturated heterocycles. The fraction of sp³-hybridized carbons (Fsp3) is 1.00. The zero-order chi connectivity index (χ0) is 13.4. The Labute approximate surface area is 114 Å². The van der Waals surface area contributed by atoms with Crippen LogP contribution in [0.4, 0.5) is 0 Å². The van der Waals surface area contributed by atoms with Gasteiger partial charge in [-0.05, 0) is 58.8 Å². The fourth-order valence-corrected chi connectivity index (χ4v) is 2.72. The first-order valence-corrected chi connectivity index (χ1v) is 7.68. The van der Waals surface area contributed by atoms with Crippen LogP contribution in [0.3, 0.4) is 0 Å². The number of hydrogen-bond acceptors (Lipinski definition) is 3. The standard InChI is InChI=1S/C15H33N3/c1-14(2)13-18(12-11-17(3)4)10-6-8-15-7-5-9-16-15/h14-16H,5-13H2,1-4H3. The van der Waals surface area contributed by atoms with E-state index in [0.29, 0.717) is 0 Å². The van der Waals surface area contributed by atoms with Crippen LogP contribution in [0.5, 0.6) is 0 Å². The molecule has 3 nitrogen and oxygen atoms in total. The Morgan fingerprint density at radius 2 is 1.94 bits per heavy atom. The van der Waals surface area contributed by atoms with Gasteiger partial charge in [0.2, 0.25) is 0 Å². The molecule has 3 heteroatoms. The lowest BCUT2D eigenvalue weighted by molar-refractivity contribution is 0.213. The Balaban J connectivity index is 2.17. The highest BCUT2D eigenvalue weighted by Gasteiger charge is 2.14. The molecule has 1 atom stereocenters. The van der Waals surface area contributed by atoms with Crippen molar-refractivity contribution >= 4 is 0 Å². The number of hydrogen-bond donors (Lipinski definition) is 1. The van der Waals surface area contributed by atoms with Gasteiger partial charge in [0.1, 0.15) is 0 Å². The Morgan fingerprint density at radius 1 is 1.17 bits per heavy atom. The van der Waals surface area contributed by atoms with Gasteiger partial charge in [-0.25, -0.2) is 0 Å². The summed E-state index contributed by atoms with van der Waals surface area (Å²) in [5, 5.41) is 3.59. The van der Waals surface area contributed by atoms with Crippen molar-refractivity contribution in [3.05, 3.63) is 0 Å². The number of nitrogens with zero attached hydrogens (tertiary/aromatic N) is 2. The van der Waals surface area contributed by atoms with E-state index in [-0.39, 0.29) is 0 Å². The second kappa shape index (κ2) is 8.89. The van der Waals surface area contributed by atoms with E-state index < -0.39 is 0 Å². The summed E-state index contributed by atoms with van der Waals surface area (Å²) >= 11 is 0. The van der Waals surface area contributed by atoms with Crippen LogP contribution in [0.25, 0.3) is 0 Å². The van der Waals surface area contributed by atoms with Crippen molar-refractivity contribution in [3.63, 3.8) is 0 Å². The summed E-state index contributed by atoms with van der Waals surface area (Å²) < 4.78 is 0. The summed E-state index contributed by atoms with van der Waals surface area (Å²) in [6.45, 7) is 10.8. The van der Waals surface area contributed by atoms with Crippen molar-refractivity contribution in [2.24, 2.45) is 5.92 Å². The minimum atomic E-state index is 0.775. The molecular weight excluding hydrogens is 222 g/mol. The fourth-order valence-electron chi connectivity index (χ4n) is 2.72.